The van der Waals surface area contributed by atoms with Gasteiger partial charge in [0.2, 0.25) is 5.70 Å². The second kappa shape index (κ2) is 5.91. The number of hydrogen-bond donors (Lipinski definition) is 4. The van der Waals surface area contributed by atoms with E-state index in [4.69, 9.17) is 33.0 Å². The van der Waals surface area contributed by atoms with Crippen LogP contribution >= 0.6 is 23.2 Å². The number of carboxylic acid groups (broad SMARTS) is 1. The normalized spacial score (nSPS) is 27.6. The summed E-state index contributed by atoms with van der Waals surface area (Å²) < 4.78 is 5.65. The van der Waals surface area contributed by atoms with Crippen molar-refractivity contribution >= 4 is 34.9 Å². The van der Waals surface area contributed by atoms with Gasteiger partial charge in [-0.25, -0.2) is 10.2 Å². The van der Waals surface area contributed by atoms with Gasteiger partial charge in [0.1, 0.15) is 0 Å². The molecule has 9 heteroatoms. The Morgan fingerprint density at radius 3 is 2.71 bits per heavy atom. The lowest BCUT2D eigenvalue weighted by atomic mass is 10.2. The van der Waals surface area contributed by atoms with E-state index in [0.29, 0.717) is 34.4 Å². The fraction of sp³-hybridized carbons (Fsp3) is 0.400. The number of benzene rings is 1. The third-order valence-electron chi connectivity index (χ3n) is 4.92. The van der Waals surface area contributed by atoms with E-state index >= 15 is 0 Å². The van der Waals surface area contributed by atoms with Gasteiger partial charge >= 0.3 is 5.97 Å². The minimum Gasteiger partial charge on any atom is -0.476 e. The molecule has 24 heavy (non-hydrogen) atoms. The molecule has 1 aliphatic carbocycles. The summed E-state index contributed by atoms with van der Waals surface area (Å²) in [4.78, 5) is 13.3. The van der Waals surface area contributed by atoms with Gasteiger partial charge in [0.05, 0.1) is 16.7 Å². The number of rotatable bonds is 5. The van der Waals surface area contributed by atoms with Crippen LogP contribution in [0.4, 0.5) is 5.69 Å². The number of ether oxygens (including phenoxy) is 1. The molecule has 128 valence electrons. The Morgan fingerprint density at radius 2 is 2.04 bits per heavy atom. The van der Waals surface area contributed by atoms with Crippen LogP contribution in [-0.2, 0) is 9.53 Å². The lowest BCUT2D eigenvalue weighted by Crippen LogP contribution is -2.97. The number of carboxylic acids is 1. The summed E-state index contributed by atoms with van der Waals surface area (Å²) in [5.74, 6) is 0.870. The summed E-state index contributed by atoms with van der Waals surface area (Å²) in [6, 6.07) is 5.70. The third kappa shape index (κ3) is 2.72. The van der Waals surface area contributed by atoms with Gasteiger partial charge in [-0.3, -0.25) is 0 Å². The van der Waals surface area contributed by atoms with Crippen molar-refractivity contribution in [3.63, 3.8) is 0 Å². The van der Waals surface area contributed by atoms with E-state index in [1.165, 1.54) is 5.53 Å². The summed E-state index contributed by atoms with van der Waals surface area (Å²) >= 11 is 12.0. The highest BCUT2D eigenvalue weighted by atomic mass is 35.5. The van der Waals surface area contributed by atoms with Crippen LogP contribution < -0.4 is 21.3 Å². The maximum atomic E-state index is 11.0. The van der Waals surface area contributed by atoms with E-state index < -0.39 is 5.97 Å². The lowest BCUT2D eigenvalue weighted by molar-refractivity contribution is -0.742. The molecule has 1 saturated carbocycles. The highest BCUT2D eigenvalue weighted by Crippen LogP contribution is 2.53. The molecule has 0 spiro atoms. The molecule has 2 fully saturated rings. The molecule has 1 aromatic rings. The molecule has 1 aromatic carbocycles. The zero-order chi connectivity index (χ0) is 16.8. The van der Waals surface area contributed by atoms with E-state index in [9.17, 15) is 4.79 Å². The largest absolute Gasteiger partial charge is 0.476 e. The molecule has 0 amide bonds. The number of nitrogens with zero attached hydrogens (tertiary/aromatic N) is 1. The number of carbonyl (C=O) groups is 1. The monoisotopic (exact) mass is 371 g/mol. The zero-order valence-corrected chi connectivity index (χ0v) is 14.1. The molecule has 2 atom stereocenters. The molecular formula is C15H17Cl2N4O3+. The van der Waals surface area contributed by atoms with Crippen LogP contribution in [0.2, 0.25) is 10.0 Å². The number of hydrogen-bond acceptors (Lipinski definition) is 5. The molecule has 0 bridgehead atoms. The van der Waals surface area contributed by atoms with Crippen LogP contribution in [0.25, 0.3) is 0 Å². The first-order valence-electron chi connectivity index (χ1n) is 7.69. The van der Waals surface area contributed by atoms with Gasteiger partial charge in [0, 0.05) is 24.7 Å². The quantitative estimate of drug-likeness (QED) is 0.564. The summed E-state index contributed by atoms with van der Waals surface area (Å²) in [6.45, 7) is 2.44. The van der Waals surface area contributed by atoms with Crippen LogP contribution in [0.15, 0.2) is 29.8 Å². The molecule has 0 radical (unpaired) electrons. The van der Waals surface area contributed by atoms with Crippen molar-refractivity contribution in [1.82, 2.24) is 10.9 Å². The van der Waals surface area contributed by atoms with Crippen molar-refractivity contribution < 1.29 is 20.2 Å². The van der Waals surface area contributed by atoms with Gasteiger partial charge in [0.15, 0.2) is 0 Å². The Bertz CT molecular complexity index is 715. The SMILES string of the molecule is O=C(O)C1=C(OCC2C3CN(c4ccc(Cl)c(Cl)c4)CC23)N[NH2+]N1. The summed E-state index contributed by atoms with van der Waals surface area (Å²) in [6.07, 6.45) is 0. The number of fused-ring (bicyclic) bond motifs is 1. The highest BCUT2D eigenvalue weighted by Gasteiger charge is 2.56. The Balaban J connectivity index is 1.32. The molecule has 7 nitrogen and oxygen atoms in total. The van der Waals surface area contributed by atoms with Gasteiger partial charge in [-0.05, 0) is 30.0 Å². The van der Waals surface area contributed by atoms with Crippen molar-refractivity contribution in [3.8, 4) is 0 Å². The van der Waals surface area contributed by atoms with Crippen LogP contribution in [0.3, 0.4) is 0 Å². The van der Waals surface area contributed by atoms with Crippen molar-refractivity contribution in [2.45, 2.75) is 0 Å². The topological polar surface area (TPSA) is 90.4 Å². The van der Waals surface area contributed by atoms with Crippen molar-refractivity contribution in [1.29, 1.82) is 0 Å². The number of piperidine rings is 1. The van der Waals surface area contributed by atoms with Crippen molar-refractivity contribution in [2.24, 2.45) is 17.8 Å². The first-order valence-corrected chi connectivity index (χ1v) is 8.45. The van der Waals surface area contributed by atoms with Gasteiger partial charge in [-0.2, -0.15) is 5.43 Å². The predicted octanol–water partition coefficient (Wildman–Crippen LogP) is 0.532. The maximum Gasteiger partial charge on any atom is 0.363 e. The number of anilines is 1. The molecular weight excluding hydrogens is 355 g/mol. The van der Waals surface area contributed by atoms with Gasteiger partial charge in [-0.15, -0.1) is 5.53 Å². The molecule has 5 N–H and O–H groups in total. The van der Waals surface area contributed by atoms with E-state index in [0.717, 1.165) is 18.8 Å². The van der Waals surface area contributed by atoms with Crippen LogP contribution in [0.1, 0.15) is 0 Å². The van der Waals surface area contributed by atoms with E-state index in [-0.39, 0.29) is 11.6 Å². The summed E-state index contributed by atoms with van der Waals surface area (Å²) in [7, 11) is 0. The lowest BCUT2D eigenvalue weighted by Gasteiger charge is -2.22. The molecule has 3 aliphatic rings. The number of aliphatic carboxylic acids is 1. The van der Waals surface area contributed by atoms with Crippen molar-refractivity contribution in [3.05, 3.63) is 39.8 Å². The van der Waals surface area contributed by atoms with E-state index in [1.807, 2.05) is 18.2 Å². The molecule has 1 saturated heterocycles. The molecule has 2 heterocycles. The minimum absolute atomic E-state index is 0.0539. The predicted molar refractivity (Wildman–Crippen MR) is 88.0 cm³/mol. The Morgan fingerprint density at radius 1 is 1.29 bits per heavy atom. The fourth-order valence-corrected chi connectivity index (χ4v) is 3.85. The van der Waals surface area contributed by atoms with Crippen LogP contribution in [0.5, 0.6) is 0 Å². The van der Waals surface area contributed by atoms with E-state index in [2.05, 4.69) is 15.8 Å². The summed E-state index contributed by atoms with van der Waals surface area (Å²) in [5.41, 5.74) is 8.01. The molecule has 4 rings (SSSR count). The highest BCUT2D eigenvalue weighted by molar-refractivity contribution is 6.42. The molecule has 0 aromatic heterocycles. The average Bonchev–Trinajstić information content (AvgIpc) is 2.97. The second-order valence-corrected chi connectivity index (χ2v) is 7.06. The number of nitrogens with two attached hydrogens (primary N) is 1. The first-order chi connectivity index (χ1) is 11.5. The maximum absolute atomic E-state index is 11.0. The van der Waals surface area contributed by atoms with Crippen LogP contribution in [0, 0.1) is 17.8 Å². The number of nitrogens with one attached hydrogen (secondary N) is 2. The van der Waals surface area contributed by atoms with Gasteiger partial charge in [-0.1, -0.05) is 23.2 Å². The first kappa shape index (κ1) is 15.7. The van der Waals surface area contributed by atoms with Crippen molar-refractivity contribution in [2.75, 3.05) is 24.6 Å². The molecule has 2 unspecified atom stereocenters. The van der Waals surface area contributed by atoms with Crippen LogP contribution in [-0.4, -0.2) is 30.8 Å². The van der Waals surface area contributed by atoms with E-state index in [1.54, 1.807) is 0 Å². The van der Waals surface area contributed by atoms with Gasteiger partial charge < -0.3 is 14.7 Å². The minimum atomic E-state index is -1.03. The standard InChI is InChI=1S/C15H16Cl2N4O3/c16-11-2-1-7(3-12(11)17)21-4-8-9(5-21)10(8)6-24-14-13(15(22)23)18-20-19-14/h1-3,8-10,18-20H,4-6H2,(H,22,23)/p+1. The van der Waals surface area contributed by atoms with Gasteiger partial charge in [0.25, 0.3) is 5.88 Å². The Labute approximate surface area is 148 Å². The number of halogens is 2. The second-order valence-electron chi connectivity index (χ2n) is 6.25. The summed E-state index contributed by atoms with van der Waals surface area (Å²) in [5, 5.41) is 10.2. The average molecular weight is 372 g/mol. The smallest absolute Gasteiger partial charge is 0.363 e. The molecule has 2 aliphatic heterocycles. The Kier molecular flexibility index (Phi) is 3.86. The fourth-order valence-electron chi connectivity index (χ4n) is 3.55. The number of quaternary nitrogens is 1. The zero-order valence-electron chi connectivity index (χ0n) is 12.6. The third-order valence-corrected chi connectivity index (χ3v) is 5.66. The Hall–Kier alpha value is -1.83.